The molecule has 1 atom stereocenters. The van der Waals surface area contributed by atoms with Crippen molar-refractivity contribution in [1.29, 1.82) is 0 Å². The van der Waals surface area contributed by atoms with Gasteiger partial charge < -0.3 is 14.6 Å². The zero-order chi connectivity index (χ0) is 17.1. The van der Waals surface area contributed by atoms with E-state index in [-0.39, 0.29) is 11.7 Å². The lowest BCUT2D eigenvalue weighted by Crippen LogP contribution is -2.45. The van der Waals surface area contributed by atoms with Crippen LogP contribution in [0.25, 0.3) is 0 Å². The van der Waals surface area contributed by atoms with Gasteiger partial charge in [0, 0.05) is 31.4 Å². The van der Waals surface area contributed by atoms with Crippen LogP contribution in [0.5, 0.6) is 5.75 Å². The lowest BCUT2D eigenvalue weighted by molar-refractivity contribution is 0.139. The SMILES string of the molecule is CCN1C[C@@H](CN(C)Cc2cc(=O)[nH]c(=O)[nH]2)Oc2ccccc21. The van der Waals surface area contributed by atoms with Crippen molar-refractivity contribution in [1.82, 2.24) is 14.9 Å². The van der Waals surface area contributed by atoms with Crippen molar-refractivity contribution in [2.24, 2.45) is 0 Å². The maximum Gasteiger partial charge on any atom is 0.325 e. The fraction of sp³-hybridized carbons (Fsp3) is 0.412. The highest BCUT2D eigenvalue weighted by atomic mass is 16.5. The summed E-state index contributed by atoms with van der Waals surface area (Å²) in [6.45, 7) is 5.03. The molecule has 1 aromatic carbocycles. The van der Waals surface area contributed by atoms with E-state index in [1.54, 1.807) is 0 Å². The smallest absolute Gasteiger partial charge is 0.325 e. The number of anilines is 1. The first kappa shape index (κ1) is 16.3. The number of likely N-dealkylation sites (N-methyl/N-ethyl adjacent to an activating group) is 2. The van der Waals surface area contributed by atoms with Gasteiger partial charge in [0.2, 0.25) is 0 Å². The van der Waals surface area contributed by atoms with Gasteiger partial charge in [-0.25, -0.2) is 4.79 Å². The van der Waals surface area contributed by atoms with Gasteiger partial charge in [-0.05, 0) is 26.1 Å². The maximum atomic E-state index is 11.4. The summed E-state index contributed by atoms with van der Waals surface area (Å²) in [5.41, 5.74) is 0.848. The van der Waals surface area contributed by atoms with Gasteiger partial charge in [-0.2, -0.15) is 0 Å². The number of fused-ring (bicyclic) bond motifs is 1. The second kappa shape index (κ2) is 6.92. The van der Waals surface area contributed by atoms with Crippen LogP contribution in [-0.4, -0.2) is 47.7 Å². The molecule has 0 spiro atoms. The largest absolute Gasteiger partial charge is 0.485 e. The topological polar surface area (TPSA) is 81.4 Å². The normalized spacial score (nSPS) is 16.8. The molecule has 7 heteroatoms. The number of ether oxygens (including phenoxy) is 1. The van der Waals surface area contributed by atoms with E-state index in [0.717, 1.165) is 24.5 Å². The van der Waals surface area contributed by atoms with Crippen molar-refractivity contribution in [3.63, 3.8) is 0 Å². The number of rotatable bonds is 5. The van der Waals surface area contributed by atoms with Gasteiger partial charge in [0.05, 0.1) is 12.2 Å². The number of hydrogen-bond acceptors (Lipinski definition) is 5. The zero-order valence-corrected chi connectivity index (χ0v) is 13.9. The van der Waals surface area contributed by atoms with Crippen LogP contribution in [0.2, 0.25) is 0 Å². The summed E-state index contributed by atoms with van der Waals surface area (Å²) in [5.74, 6) is 0.897. The number of H-pyrrole nitrogens is 2. The third-order valence-corrected chi connectivity index (χ3v) is 4.08. The maximum absolute atomic E-state index is 11.4. The molecule has 0 amide bonds. The molecule has 0 aliphatic carbocycles. The second-order valence-electron chi connectivity index (χ2n) is 6.06. The molecule has 0 unspecified atom stereocenters. The first-order chi connectivity index (χ1) is 11.5. The summed E-state index contributed by atoms with van der Waals surface area (Å²) in [6, 6.07) is 9.45. The Balaban J connectivity index is 1.68. The van der Waals surface area contributed by atoms with Crippen molar-refractivity contribution in [3.05, 3.63) is 56.9 Å². The summed E-state index contributed by atoms with van der Waals surface area (Å²) < 4.78 is 6.10. The van der Waals surface area contributed by atoms with Gasteiger partial charge in [-0.15, -0.1) is 0 Å². The molecular weight excluding hydrogens is 308 g/mol. The quantitative estimate of drug-likeness (QED) is 0.847. The van der Waals surface area contributed by atoms with Gasteiger partial charge in [0.25, 0.3) is 5.56 Å². The van der Waals surface area contributed by atoms with Gasteiger partial charge in [-0.1, -0.05) is 12.1 Å². The van der Waals surface area contributed by atoms with Gasteiger partial charge >= 0.3 is 5.69 Å². The van der Waals surface area contributed by atoms with E-state index in [9.17, 15) is 9.59 Å². The van der Waals surface area contributed by atoms with Crippen LogP contribution in [-0.2, 0) is 6.54 Å². The molecule has 0 radical (unpaired) electrons. The summed E-state index contributed by atoms with van der Waals surface area (Å²) in [6.07, 6.45) is 0.0265. The summed E-state index contributed by atoms with van der Waals surface area (Å²) in [7, 11) is 1.94. The average molecular weight is 330 g/mol. The molecule has 0 saturated heterocycles. The molecular formula is C17H22N4O3. The molecule has 3 rings (SSSR count). The Hall–Kier alpha value is -2.54. The third kappa shape index (κ3) is 3.68. The molecule has 1 aromatic heterocycles. The molecule has 7 nitrogen and oxygen atoms in total. The highest BCUT2D eigenvalue weighted by molar-refractivity contribution is 5.60. The number of benzene rings is 1. The highest BCUT2D eigenvalue weighted by Crippen LogP contribution is 2.32. The summed E-state index contributed by atoms with van der Waals surface area (Å²) in [5, 5.41) is 0. The fourth-order valence-corrected chi connectivity index (χ4v) is 3.08. The molecule has 1 aliphatic rings. The van der Waals surface area contributed by atoms with Crippen LogP contribution >= 0.6 is 0 Å². The van der Waals surface area contributed by atoms with Crippen LogP contribution in [0.1, 0.15) is 12.6 Å². The Morgan fingerprint density at radius 3 is 2.83 bits per heavy atom. The van der Waals surface area contributed by atoms with Gasteiger partial charge in [0.15, 0.2) is 0 Å². The fourth-order valence-electron chi connectivity index (χ4n) is 3.08. The number of nitrogens with zero attached hydrogens (tertiary/aromatic N) is 2. The number of hydrogen-bond donors (Lipinski definition) is 2. The van der Waals surface area contributed by atoms with E-state index in [1.807, 2.05) is 30.1 Å². The number of nitrogens with one attached hydrogen (secondary N) is 2. The van der Waals surface area contributed by atoms with E-state index in [0.29, 0.717) is 18.8 Å². The Kier molecular flexibility index (Phi) is 4.71. The Morgan fingerprint density at radius 2 is 2.08 bits per heavy atom. The predicted octanol–water partition coefficient (Wildman–Crippen LogP) is 0.782. The van der Waals surface area contributed by atoms with E-state index in [4.69, 9.17) is 4.74 Å². The predicted molar refractivity (Wildman–Crippen MR) is 92.8 cm³/mol. The first-order valence-electron chi connectivity index (χ1n) is 8.07. The van der Waals surface area contributed by atoms with E-state index < -0.39 is 5.69 Å². The molecule has 0 fully saturated rings. The number of aromatic amines is 2. The molecule has 2 N–H and O–H groups in total. The minimum atomic E-state index is -0.481. The summed E-state index contributed by atoms with van der Waals surface area (Å²) >= 11 is 0. The van der Waals surface area contributed by atoms with Crippen LogP contribution in [0.3, 0.4) is 0 Å². The Bertz CT molecular complexity index is 785. The van der Waals surface area contributed by atoms with E-state index in [1.165, 1.54) is 6.07 Å². The minimum Gasteiger partial charge on any atom is -0.485 e. The van der Waals surface area contributed by atoms with Crippen molar-refractivity contribution in [2.75, 3.05) is 31.6 Å². The molecule has 0 saturated carbocycles. The highest BCUT2D eigenvalue weighted by Gasteiger charge is 2.25. The van der Waals surface area contributed by atoms with Crippen molar-refractivity contribution < 1.29 is 4.74 Å². The van der Waals surface area contributed by atoms with Crippen LogP contribution in [0, 0.1) is 0 Å². The Morgan fingerprint density at radius 1 is 1.29 bits per heavy atom. The van der Waals surface area contributed by atoms with Crippen LogP contribution in [0.15, 0.2) is 39.9 Å². The standard InChI is InChI=1S/C17H22N4O3/c1-3-21-11-13(24-15-7-5-4-6-14(15)21)10-20(2)9-12-8-16(22)19-17(23)18-12/h4-8,13H,3,9-11H2,1-2H3,(H2,18,19,22,23)/t13-/m1/s1. The van der Waals surface area contributed by atoms with Crippen molar-refractivity contribution >= 4 is 5.69 Å². The molecule has 1 aliphatic heterocycles. The minimum absolute atomic E-state index is 0.0265. The van der Waals surface area contributed by atoms with E-state index >= 15 is 0 Å². The van der Waals surface area contributed by atoms with Crippen LogP contribution in [0.4, 0.5) is 5.69 Å². The van der Waals surface area contributed by atoms with Gasteiger partial charge in [0.1, 0.15) is 11.9 Å². The molecule has 2 aromatic rings. The Labute approximate surface area is 139 Å². The number of aromatic nitrogens is 2. The number of para-hydroxylation sites is 2. The van der Waals surface area contributed by atoms with Gasteiger partial charge in [-0.3, -0.25) is 14.7 Å². The molecule has 24 heavy (non-hydrogen) atoms. The molecule has 128 valence electrons. The van der Waals surface area contributed by atoms with Crippen molar-refractivity contribution in [2.45, 2.75) is 19.6 Å². The van der Waals surface area contributed by atoms with Crippen molar-refractivity contribution in [3.8, 4) is 5.75 Å². The summed E-state index contributed by atoms with van der Waals surface area (Å²) in [4.78, 5) is 31.9. The second-order valence-corrected chi connectivity index (χ2v) is 6.06. The molecule has 2 heterocycles. The lowest BCUT2D eigenvalue weighted by Gasteiger charge is -2.37. The zero-order valence-electron chi connectivity index (χ0n) is 13.9. The molecule has 0 bridgehead atoms. The monoisotopic (exact) mass is 330 g/mol. The first-order valence-corrected chi connectivity index (χ1v) is 8.07. The average Bonchev–Trinajstić information content (AvgIpc) is 2.52. The van der Waals surface area contributed by atoms with Crippen LogP contribution < -0.4 is 20.9 Å². The lowest BCUT2D eigenvalue weighted by atomic mass is 10.2. The van der Waals surface area contributed by atoms with E-state index in [2.05, 4.69) is 27.9 Å². The third-order valence-electron chi connectivity index (χ3n) is 4.08.